The van der Waals surface area contributed by atoms with E-state index in [1.165, 1.54) is 24.1 Å². The number of amides is 2. The highest BCUT2D eigenvalue weighted by Crippen LogP contribution is 2.46. The number of methoxy groups -OCH3 is 1. The zero-order valence-corrected chi connectivity index (χ0v) is 20.0. The average molecular weight is 476 g/mol. The van der Waals surface area contributed by atoms with Crippen LogP contribution in [0.5, 0.6) is 5.75 Å². The Bertz CT molecular complexity index is 988. The molecule has 1 aromatic rings. The average Bonchev–Trinajstić information content (AvgIpc) is 3.04. The van der Waals surface area contributed by atoms with Gasteiger partial charge in [-0.15, -0.1) is 0 Å². The van der Waals surface area contributed by atoms with Crippen molar-refractivity contribution < 1.29 is 34.0 Å². The van der Waals surface area contributed by atoms with Crippen LogP contribution in [0, 0.1) is 23.6 Å². The summed E-state index contributed by atoms with van der Waals surface area (Å²) in [4.78, 5) is 27.3. The molecule has 0 saturated carbocycles. The summed E-state index contributed by atoms with van der Waals surface area (Å²) in [6.07, 6.45) is 2.67. The second-order valence-electron chi connectivity index (χ2n) is 9.20. The van der Waals surface area contributed by atoms with Crippen molar-refractivity contribution in [3.8, 4) is 5.75 Å². The zero-order valence-electron chi connectivity index (χ0n) is 20.0. The van der Waals surface area contributed by atoms with Gasteiger partial charge in [0.1, 0.15) is 0 Å². The van der Waals surface area contributed by atoms with Gasteiger partial charge in [-0.3, -0.25) is 14.5 Å². The van der Waals surface area contributed by atoms with E-state index in [2.05, 4.69) is 0 Å². The van der Waals surface area contributed by atoms with Crippen LogP contribution < -0.4 is 0 Å². The van der Waals surface area contributed by atoms with E-state index >= 15 is 0 Å². The molecule has 1 heterocycles. The van der Waals surface area contributed by atoms with Crippen LogP contribution in [0.15, 0.2) is 34.9 Å². The van der Waals surface area contributed by atoms with E-state index in [-0.39, 0.29) is 25.0 Å². The van der Waals surface area contributed by atoms with Crippen molar-refractivity contribution in [3.63, 3.8) is 0 Å². The summed E-state index contributed by atoms with van der Waals surface area (Å²) in [6, 6.07) is 4.13. The van der Waals surface area contributed by atoms with Gasteiger partial charge in [0.05, 0.1) is 31.2 Å². The minimum atomic E-state index is -0.925. The van der Waals surface area contributed by atoms with Gasteiger partial charge in [0.2, 0.25) is 11.8 Å². The minimum Gasteiger partial charge on any atom is -0.505 e. The van der Waals surface area contributed by atoms with Crippen LogP contribution in [0.3, 0.4) is 0 Å². The van der Waals surface area contributed by atoms with Crippen LogP contribution >= 0.6 is 0 Å². The number of aromatic hydroxyl groups is 1. The largest absolute Gasteiger partial charge is 0.505 e. The molecule has 1 aliphatic carbocycles. The standard InChI is InChI=1S/C26H34FNO6/c1-4-9-28-25(32)18-12-17(14-34-3)23(19(13-29)24(18)26(28)33)22(31)7-5-15(2)10-16-6-8-21(30)20(27)11-16/h6,8,10-11,18-19,22,24,29-31H,4-5,7,9,12-14H2,1-3H3/b15-10+/t18-,19+,22-,24-/m1/s1. The number of halogens is 1. The third kappa shape index (κ3) is 5.24. The number of benzene rings is 1. The lowest BCUT2D eigenvalue weighted by Crippen LogP contribution is -2.39. The number of imide groups is 1. The number of phenols is 1. The van der Waals surface area contributed by atoms with Crippen LogP contribution in [0.1, 0.15) is 45.1 Å². The van der Waals surface area contributed by atoms with Gasteiger partial charge in [0, 0.05) is 19.6 Å². The van der Waals surface area contributed by atoms with Crippen molar-refractivity contribution in [1.82, 2.24) is 4.90 Å². The highest BCUT2D eigenvalue weighted by atomic mass is 19.1. The molecule has 1 aliphatic heterocycles. The molecule has 0 bridgehead atoms. The van der Waals surface area contributed by atoms with Gasteiger partial charge in [-0.05, 0) is 61.4 Å². The smallest absolute Gasteiger partial charge is 0.233 e. The molecule has 3 N–H and O–H groups in total. The molecule has 186 valence electrons. The number of carbonyl (C=O) groups excluding carboxylic acids is 2. The highest BCUT2D eigenvalue weighted by Gasteiger charge is 2.54. The summed E-state index contributed by atoms with van der Waals surface area (Å²) in [7, 11) is 1.53. The highest BCUT2D eigenvalue weighted by molar-refractivity contribution is 6.05. The molecule has 4 atom stereocenters. The SMILES string of the molecule is CCCN1C(=O)[C@@H]2[C@@H](CC(COC)=C([C@H](O)CC/C(C)=C/c3ccc(O)c(F)c3)[C@@H]2CO)C1=O. The molecule has 0 radical (unpaired) electrons. The van der Waals surface area contributed by atoms with Gasteiger partial charge in [-0.2, -0.15) is 0 Å². The number of carbonyl (C=O) groups is 2. The van der Waals surface area contributed by atoms with Gasteiger partial charge in [0.25, 0.3) is 0 Å². The van der Waals surface area contributed by atoms with E-state index in [4.69, 9.17) is 4.74 Å². The van der Waals surface area contributed by atoms with E-state index in [1.54, 1.807) is 12.1 Å². The molecule has 8 heteroatoms. The molecular formula is C26H34FNO6. The van der Waals surface area contributed by atoms with Crippen LogP contribution in [-0.4, -0.2) is 65.0 Å². The maximum Gasteiger partial charge on any atom is 0.233 e. The Morgan fingerprint density at radius 3 is 2.68 bits per heavy atom. The quantitative estimate of drug-likeness (QED) is 0.355. The number of aliphatic hydroxyl groups excluding tert-OH is 2. The Morgan fingerprint density at radius 1 is 1.32 bits per heavy atom. The Morgan fingerprint density at radius 2 is 2.06 bits per heavy atom. The first-order valence-corrected chi connectivity index (χ1v) is 11.7. The number of phenolic OH excluding ortho intramolecular Hbond substituents is 1. The molecule has 3 rings (SSSR count). The van der Waals surface area contributed by atoms with Crippen molar-refractivity contribution in [2.75, 3.05) is 26.9 Å². The van der Waals surface area contributed by atoms with Gasteiger partial charge < -0.3 is 20.1 Å². The minimum absolute atomic E-state index is 0.211. The van der Waals surface area contributed by atoms with E-state index in [0.29, 0.717) is 43.4 Å². The summed E-state index contributed by atoms with van der Waals surface area (Å²) in [5, 5.41) is 30.8. The van der Waals surface area contributed by atoms with Crippen molar-refractivity contribution >= 4 is 17.9 Å². The second kappa shape index (κ2) is 11.3. The van der Waals surface area contributed by atoms with Crippen molar-refractivity contribution in [2.45, 2.75) is 45.6 Å². The first kappa shape index (κ1) is 26.1. The number of likely N-dealkylation sites (tertiary alicyclic amines) is 1. The van der Waals surface area contributed by atoms with Crippen molar-refractivity contribution in [1.29, 1.82) is 0 Å². The number of nitrogens with zero attached hydrogens (tertiary/aromatic N) is 1. The Balaban J connectivity index is 1.82. The monoisotopic (exact) mass is 475 g/mol. The number of ether oxygens (including phenoxy) is 1. The van der Waals surface area contributed by atoms with Crippen molar-refractivity contribution in [2.24, 2.45) is 17.8 Å². The molecule has 0 aromatic heterocycles. The molecule has 34 heavy (non-hydrogen) atoms. The van der Waals surface area contributed by atoms with E-state index in [9.17, 15) is 29.3 Å². The lowest BCUT2D eigenvalue weighted by Gasteiger charge is -2.36. The molecule has 2 aliphatic rings. The second-order valence-corrected chi connectivity index (χ2v) is 9.20. The fraction of sp³-hybridized carbons (Fsp3) is 0.538. The number of fused-ring (bicyclic) bond motifs is 1. The first-order valence-electron chi connectivity index (χ1n) is 11.7. The number of rotatable bonds is 10. The Hall–Kier alpha value is -2.55. The summed E-state index contributed by atoms with van der Waals surface area (Å²) >= 11 is 0. The van der Waals surface area contributed by atoms with Gasteiger partial charge in [0.15, 0.2) is 11.6 Å². The molecule has 1 saturated heterocycles. The van der Waals surface area contributed by atoms with Crippen LogP contribution in [0.25, 0.3) is 6.08 Å². The van der Waals surface area contributed by atoms with Gasteiger partial charge in [-0.1, -0.05) is 24.6 Å². The predicted molar refractivity (Wildman–Crippen MR) is 125 cm³/mol. The zero-order chi connectivity index (χ0) is 25.0. The van der Waals surface area contributed by atoms with Gasteiger partial charge in [-0.25, -0.2) is 4.39 Å². The fourth-order valence-electron chi connectivity index (χ4n) is 5.26. The van der Waals surface area contributed by atoms with Crippen LogP contribution in [-0.2, 0) is 14.3 Å². The Kier molecular flexibility index (Phi) is 8.62. The number of hydrogen-bond donors (Lipinski definition) is 3. The predicted octanol–water partition coefficient (Wildman–Crippen LogP) is 3.04. The third-order valence-electron chi connectivity index (χ3n) is 6.79. The summed E-state index contributed by atoms with van der Waals surface area (Å²) in [5.74, 6) is -3.46. The van der Waals surface area contributed by atoms with Crippen LogP contribution in [0.2, 0.25) is 0 Å². The van der Waals surface area contributed by atoms with E-state index in [0.717, 1.165) is 11.1 Å². The molecular weight excluding hydrogens is 441 g/mol. The Labute approximate surface area is 199 Å². The molecule has 7 nitrogen and oxygen atoms in total. The van der Waals surface area contributed by atoms with E-state index < -0.39 is 35.4 Å². The number of allylic oxidation sites excluding steroid dienone is 1. The van der Waals surface area contributed by atoms with Crippen molar-refractivity contribution in [3.05, 3.63) is 46.3 Å². The summed E-state index contributed by atoms with van der Waals surface area (Å²) < 4.78 is 18.9. The van der Waals surface area contributed by atoms with E-state index in [1.807, 2.05) is 13.8 Å². The maximum absolute atomic E-state index is 13.6. The molecule has 0 unspecified atom stereocenters. The van der Waals surface area contributed by atoms with Crippen LogP contribution in [0.4, 0.5) is 4.39 Å². The molecule has 2 amide bonds. The first-order chi connectivity index (χ1) is 16.2. The molecule has 1 fully saturated rings. The fourth-order valence-corrected chi connectivity index (χ4v) is 5.26. The summed E-state index contributed by atoms with van der Waals surface area (Å²) in [6.45, 7) is 3.98. The normalized spacial score (nSPS) is 24.1. The number of aliphatic hydroxyl groups is 2. The number of hydrogen-bond acceptors (Lipinski definition) is 6. The van der Waals surface area contributed by atoms with Gasteiger partial charge >= 0.3 is 0 Å². The molecule has 1 aromatic carbocycles. The third-order valence-corrected chi connectivity index (χ3v) is 6.79. The summed E-state index contributed by atoms with van der Waals surface area (Å²) in [5.41, 5.74) is 2.85. The molecule has 0 spiro atoms. The lowest BCUT2D eigenvalue weighted by atomic mass is 9.68. The lowest BCUT2D eigenvalue weighted by molar-refractivity contribution is -0.140. The topological polar surface area (TPSA) is 107 Å². The maximum atomic E-state index is 13.6.